The quantitative estimate of drug-likeness (QED) is 0.768. The first kappa shape index (κ1) is 19.9. The maximum Gasteiger partial charge on any atom is 0.333 e. The van der Waals surface area contributed by atoms with Crippen LogP contribution >= 0.6 is 11.6 Å². The van der Waals surface area contributed by atoms with Crippen LogP contribution in [-0.4, -0.2) is 38.4 Å². The third-order valence-electron chi connectivity index (χ3n) is 3.32. The molecule has 2 aromatic rings. The summed E-state index contributed by atoms with van der Waals surface area (Å²) in [4.78, 5) is 12.2. The number of hydrogen-bond donors (Lipinski definition) is 2. The minimum Gasteiger partial charge on any atom is -0.494 e. The van der Waals surface area contributed by atoms with Crippen molar-refractivity contribution in [3.63, 3.8) is 0 Å². The number of hydrogen-bond acceptors (Lipinski definition) is 6. The first-order chi connectivity index (χ1) is 12.2. The molecule has 2 N–H and O–H groups in total. The van der Waals surface area contributed by atoms with Crippen LogP contribution in [0, 0.1) is 0 Å². The summed E-state index contributed by atoms with van der Waals surface area (Å²) in [7, 11) is -1.38. The summed E-state index contributed by atoms with van der Waals surface area (Å²) in [6, 6.07) is 3.20. The Hall–Kier alpha value is -2.46. The fourth-order valence-corrected chi connectivity index (χ4v) is 3.11. The fourth-order valence-electron chi connectivity index (χ4n) is 2.07. The molecule has 0 saturated heterocycles. The molecule has 1 heterocycles. The van der Waals surface area contributed by atoms with Crippen molar-refractivity contribution in [1.29, 1.82) is 0 Å². The van der Waals surface area contributed by atoms with Crippen molar-refractivity contribution in [3.05, 3.63) is 29.4 Å². The van der Waals surface area contributed by atoms with Gasteiger partial charge in [-0.25, -0.2) is 9.52 Å². The van der Waals surface area contributed by atoms with Crippen LogP contribution in [0.15, 0.2) is 29.4 Å². The van der Waals surface area contributed by atoms with E-state index in [4.69, 9.17) is 21.1 Å². The maximum atomic E-state index is 12.3. The van der Waals surface area contributed by atoms with Gasteiger partial charge < -0.3 is 14.8 Å². The van der Waals surface area contributed by atoms with Crippen molar-refractivity contribution in [2.75, 3.05) is 19.5 Å². The zero-order chi connectivity index (χ0) is 19.5. The Morgan fingerprint density at radius 2 is 1.81 bits per heavy atom. The Kier molecular flexibility index (Phi) is 5.98. The van der Waals surface area contributed by atoms with Crippen molar-refractivity contribution < 1.29 is 22.7 Å². The van der Waals surface area contributed by atoms with E-state index in [1.807, 2.05) is 18.6 Å². The van der Waals surface area contributed by atoms with Crippen molar-refractivity contribution >= 4 is 33.3 Å². The third-order valence-corrected chi connectivity index (χ3v) is 4.77. The Bertz CT molecular complexity index is 886. The van der Waals surface area contributed by atoms with Crippen LogP contribution in [0.1, 0.15) is 19.9 Å². The number of rotatable bonds is 6. The summed E-state index contributed by atoms with van der Waals surface area (Å²) >= 11 is 5.94. The highest BCUT2D eigenvalue weighted by Gasteiger charge is 2.23. The van der Waals surface area contributed by atoms with E-state index >= 15 is 0 Å². The molecule has 0 bridgehead atoms. The van der Waals surface area contributed by atoms with Gasteiger partial charge in [-0.1, -0.05) is 11.6 Å². The second-order valence-corrected chi connectivity index (χ2v) is 7.54. The van der Waals surface area contributed by atoms with Crippen molar-refractivity contribution in [2.45, 2.75) is 24.9 Å². The summed E-state index contributed by atoms with van der Waals surface area (Å²) in [5.74, 6) is 0.428. The molecule has 2 rings (SSSR count). The molecule has 11 heteroatoms. The third kappa shape index (κ3) is 4.38. The van der Waals surface area contributed by atoms with Gasteiger partial charge in [0.1, 0.15) is 17.2 Å². The van der Waals surface area contributed by atoms with Crippen molar-refractivity contribution in [2.24, 2.45) is 0 Å². The molecule has 0 atom stereocenters. The van der Waals surface area contributed by atoms with Crippen LogP contribution in [0.5, 0.6) is 11.5 Å². The molecule has 142 valence electrons. The first-order valence-electron chi connectivity index (χ1n) is 7.48. The second-order valence-electron chi connectivity index (χ2n) is 5.47. The standard InChI is InChI=1S/C15H19ClN4O5S/c1-9(2)20-6-5-13(18-20)26(22,23)19-15(21)17-14-11(24-3)7-10(16)8-12(14)25-4/h5-9H,1-4H3,(H2,17,19,21). The van der Waals surface area contributed by atoms with Gasteiger partial charge in [0.2, 0.25) is 0 Å². The highest BCUT2D eigenvalue weighted by atomic mass is 35.5. The predicted octanol–water partition coefficient (Wildman–Crippen LogP) is 2.65. The molecule has 2 amide bonds. The van der Waals surface area contributed by atoms with Gasteiger partial charge in [-0.05, 0) is 19.9 Å². The lowest BCUT2D eigenvalue weighted by Crippen LogP contribution is -2.34. The van der Waals surface area contributed by atoms with Gasteiger partial charge in [0.15, 0.2) is 5.03 Å². The number of benzene rings is 1. The topological polar surface area (TPSA) is 112 Å². The molecule has 0 fully saturated rings. The lowest BCUT2D eigenvalue weighted by molar-refractivity contribution is 0.256. The molecule has 0 unspecified atom stereocenters. The van der Waals surface area contributed by atoms with E-state index in [2.05, 4.69) is 10.4 Å². The number of methoxy groups -OCH3 is 2. The molecule has 1 aromatic carbocycles. The SMILES string of the molecule is COc1cc(Cl)cc(OC)c1NC(=O)NS(=O)(=O)c1ccn(C(C)C)n1. The minimum absolute atomic E-state index is 0.0182. The average Bonchev–Trinajstić information content (AvgIpc) is 3.06. The Morgan fingerprint density at radius 3 is 2.27 bits per heavy atom. The Balaban J connectivity index is 2.23. The number of amides is 2. The molecule has 0 aliphatic heterocycles. The average molecular weight is 403 g/mol. The van der Waals surface area contributed by atoms with Gasteiger partial charge in [-0.2, -0.15) is 13.5 Å². The number of nitrogens with zero attached hydrogens (tertiary/aromatic N) is 2. The molecular weight excluding hydrogens is 384 g/mol. The van der Waals surface area contributed by atoms with Crippen molar-refractivity contribution in [1.82, 2.24) is 14.5 Å². The summed E-state index contributed by atoms with van der Waals surface area (Å²) in [5.41, 5.74) is 0.139. The van der Waals surface area contributed by atoms with Crippen LogP contribution < -0.4 is 19.5 Å². The number of aromatic nitrogens is 2. The summed E-state index contributed by atoms with van der Waals surface area (Å²) in [6.07, 6.45) is 1.52. The highest BCUT2D eigenvalue weighted by molar-refractivity contribution is 7.90. The van der Waals surface area contributed by atoms with Crippen LogP contribution in [0.25, 0.3) is 0 Å². The van der Waals surface area contributed by atoms with E-state index in [9.17, 15) is 13.2 Å². The number of nitrogens with one attached hydrogen (secondary N) is 2. The molecule has 0 spiro atoms. The fraction of sp³-hybridized carbons (Fsp3) is 0.333. The summed E-state index contributed by atoms with van der Waals surface area (Å²) in [6.45, 7) is 3.70. The molecule has 0 aliphatic carbocycles. The maximum absolute atomic E-state index is 12.3. The molecular formula is C15H19ClN4O5S. The number of carbonyl (C=O) groups excluding carboxylic acids is 1. The second kappa shape index (κ2) is 7.83. The zero-order valence-electron chi connectivity index (χ0n) is 14.6. The number of sulfonamides is 1. The summed E-state index contributed by atoms with van der Waals surface area (Å²) < 4.78 is 38.2. The number of ether oxygens (including phenoxy) is 2. The van der Waals surface area contributed by atoms with E-state index in [0.29, 0.717) is 5.02 Å². The van der Waals surface area contributed by atoms with Gasteiger partial charge in [0.25, 0.3) is 10.0 Å². The van der Waals surface area contributed by atoms with Gasteiger partial charge in [0, 0.05) is 29.4 Å². The normalized spacial score (nSPS) is 11.3. The van der Waals surface area contributed by atoms with E-state index in [1.165, 1.54) is 43.3 Å². The largest absolute Gasteiger partial charge is 0.494 e. The van der Waals surface area contributed by atoms with E-state index in [0.717, 1.165) is 0 Å². The van der Waals surface area contributed by atoms with Crippen LogP contribution in [0.3, 0.4) is 0 Å². The van der Waals surface area contributed by atoms with Gasteiger partial charge >= 0.3 is 6.03 Å². The number of halogens is 1. The van der Waals surface area contributed by atoms with E-state index < -0.39 is 16.1 Å². The van der Waals surface area contributed by atoms with Gasteiger partial charge in [-0.15, -0.1) is 0 Å². The van der Waals surface area contributed by atoms with E-state index in [-0.39, 0.29) is 28.3 Å². The number of urea groups is 1. The molecule has 9 nitrogen and oxygen atoms in total. The van der Waals surface area contributed by atoms with Crippen LogP contribution in [-0.2, 0) is 10.0 Å². The molecule has 26 heavy (non-hydrogen) atoms. The Morgan fingerprint density at radius 1 is 1.23 bits per heavy atom. The smallest absolute Gasteiger partial charge is 0.333 e. The number of anilines is 1. The monoisotopic (exact) mass is 402 g/mol. The highest BCUT2D eigenvalue weighted by Crippen LogP contribution is 2.37. The lowest BCUT2D eigenvalue weighted by Gasteiger charge is -2.15. The molecule has 0 radical (unpaired) electrons. The molecule has 0 aliphatic rings. The van der Waals surface area contributed by atoms with E-state index in [1.54, 1.807) is 0 Å². The minimum atomic E-state index is -4.14. The first-order valence-corrected chi connectivity index (χ1v) is 9.34. The van der Waals surface area contributed by atoms with Gasteiger partial charge in [0.05, 0.1) is 14.2 Å². The lowest BCUT2D eigenvalue weighted by atomic mass is 10.2. The van der Waals surface area contributed by atoms with Crippen LogP contribution in [0.2, 0.25) is 5.02 Å². The van der Waals surface area contributed by atoms with Crippen molar-refractivity contribution in [3.8, 4) is 11.5 Å². The summed E-state index contributed by atoms with van der Waals surface area (Å²) in [5, 5.41) is 6.39. The zero-order valence-corrected chi connectivity index (χ0v) is 16.2. The van der Waals surface area contributed by atoms with Gasteiger partial charge in [-0.3, -0.25) is 4.68 Å². The molecule has 1 aromatic heterocycles. The Labute approximate surface area is 156 Å². The molecule has 0 saturated carbocycles. The number of carbonyl (C=O) groups is 1. The van der Waals surface area contributed by atoms with Crippen LogP contribution in [0.4, 0.5) is 10.5 Å². The predicted molar refractivity (Wildman–Crippen MR) is 96.5 cm³/mol.